The summed E-state index contributed by atoms with van der Waals surface area (Å²) in [5.74, 6) is -0.0555. The van der Waals surface area contributed by atoms with E-state index < -0.39 is 5.97 Å². The predicted molar refractivity (Wildman–Crippen MR) is 84.8 cm³/mol. The molecule has 0 heterocycles. The Morgan fingerprint density at radius 1 is 1.33 bits per heavy atom. The van der Waals surface area contributed by atoms with Crippen LogP contribution in [0.4, 0.5) is 0 Å². The first-order valence-corrected chi connectivity index (χ1v) is 7.62. The summed E-state index contributed by atoms with van der Waals surface area (Å²) in [7, 11) is 4.10. The number of hydrogen-bond donors (Lipinski definition) is 0. The molecule has 1 aliphatic carbocycles. The summed E-state index contributed by atoms with van der Waals surface area (Å²) < 4.78 is 0. The van der Waals surface area contributed by atoms with Gasteiger partial charge in [0.2, 0.25) is 0 Å². The molecule has 0 spiro atoms. The second-order valence-corrected chi connectivity index (χ2v) is 6.11. The number of carbonyl (C=O) groups excluding carboxylic acids is 1. The van der Waals surface area contributed by atoms with Crippen LogP contribution < -0.4 is 0 Å². The maximum atomic E-state index is 11.9. The molecule has 1 aliphatic rings. The van der Waals surface area contributed by atoms with Crippen molar-refractivity contribution in [3.63, 3.8) is 0 Å². The van der Waals surface area contributed by atoms with Gasteiger partial charge in [-0.15, -0.1) is 0 Å². The lowest BCUT2D eigenvalue weighted by Crippen LogP contribution is -2.30. The number of benzene rings is 1. The van der Waals surface area contributed by atoms with E-state index in [0.29, 0.717) is 16.5 Å². The van der Waals surface area contributed by atoms with Crippen molar-refractivity contribution in [3.05, 3.63) is 34.9 Å². The van der Waals surface area contributed by atoms with Gasteiger partial charge in [-0.1, -0.05) is 23.2 Å². The molecule has 0 bridgehead atoms. The van der Waals surface area contributed by atoms with Gasteiger partial charge in [-0.3, -0.25) is 0 Å². The number of halogens is 1. The summed E-state index contributed by atoms with van der Waals surface area (Å²) in [6, 6.07) is 6.62. The SMILES string of the molecule is CN(C)C[C@H]1CCCC/C1=N/OC(=O)c1ccc(Cl)cc1. The van der Waals surface area contributed by atoms with Crippen molar-refractivity contribution >= 4 is 23.3 Å². The van der Waals surface area contributed by atoms with Gasteiger partial charge >= 0.3 is 5.97 Å². The maximum absolute atomic E-state index is 11.9. The molecule has 0 aliphatic heterocycles. The summed E-state index contributed by atoms with van der Waals surface area (Å²) in [5, 5.41) is 4.72. The smallest absolute Gasteiger partial charge is 0.313 e. The Morgan fingerprint density at radius 2 is 2.05 bits per heavy atom. The van der Waals surface area contributed by atoms with Crippen LogP contribution in [0, 0.1) is 5.92 Å². The molecule has 0 saturated heterocycles. The molecule has 1 atom stereocenters. The number of nitrogens with zero attached hydrogens (tertiary/aromatic N) is 2. The van der Waals surface area contributed by atoms with Crippen molar-refractivity contribution in [3.8, 4) is 0 Å². The fourth-order valence-electron chi connectivity index (χ4n) is 2.56. The fourth-order valence-corrected chi connectivity index (χ4v) is 2.69. The summed E-state index contributed by atoms with van der Waals surface area (Å²) >= 11 is 5.80. The van der Waals surface area contributed by atoms with Crippen molar-refractivity contribution in [2.24, 2.45) is 11.1 Å². The molecule has 1 aromatic rings. The monoisotopic (exact) mass is 308 g/mol. The fraction of sp³-hybridized carbons (Fsp3) is 0.500. The van der Waals surface area contributed by atoms with Crippen molar-refractivity contribution in [2.75, 3.05) is 20.6 Å². The van der Waals surface area contributed by atoms with Gasteiger partial charge in [-0.05, 0) is 57.6 Å². The highest BCUT2D eigenvalue weighted by molar-refractivity contribution is 6.30. The minimum absolute atomic E-state index is 0.381. The van der Waals surface area contributed by atoms with E-state index in [1.54, 1.807) is 24.3 Å². The van der Waals surface area contributed by atoms with E-state index in [0.717, 1.165) is 31.5 Å². The van der Waals surface area contributed by atoms with Gasteiger partial charge in [0.1, 0.15) is 0 Å². The van der Waals surface area contributed by atoms with Crippen molar-refractivity contribution in [2.45, 2.75) is 25.7 Å². The van der Waals surface area contributed by atoms with Gasteiger partial charge in [-0.2, -0.15) is 0 Å². The minimum atomic E-state index is -0.437. The lowest BCUT2D eigenvalue weighted by atomic mass is 9.87. The molecular weight excluding hydrogens is 288 g/mol. The number of carbonyl (C=O) groups is 1. The van der Waals surface area contributed by atoms with E-state index in [2.05, 4.69) is 10.1 Å². The maximum Gasteiger partial charge on any atom is 0.365 e. The molecule has 1 fully saturated rings. The summed E-state index contributed by atoms with van der Waals surface area (Å²) in [6.07, 6.45) is 4.34. The van der Waals surface area contributed by atoms with Crippen LogP contribution in [0.3, 0.4) is 0 Å². The average Bonchev–Trinajstić information content (AvgIpc) is 2.46. The third-order valence-electron chi connectivity index (χ3n) is 3.62. The molecule has 0 N–H and O–H groups in total. The third kappa shape index (κ3) is 4.83. The van der Waals surface area contributed by atoms with Gasteiger partial charge in [0.05, 0.1) is 11.3 Å². The Kier molecular flexibility index (Phi) is 5.76. The molecule has 114 valence electrons. The third-order valence-corrected chi connectivity index (χ3v) is 3.87. The van der Waals surface area contributed by atoms with Crippen molar-refractivity contribution in [1.29, 1.82) is 0 Å². The molecule has 1 aromatic carbocycles. The summed E-state index contributed by atoms with van der Waals surface area (Å²) in [6.45, 7) is 0.942. The molecule has 0 aromatic heterocycles. The van der Waals surface area contributed by atoms with Gasteiger partial charge in [-0.25, -0.2) is 4.79 Å². The molecule has 0 amide bonds. The normalized spacial score (nSPS) is 20.8. The molecule has 0 radical (unpaired) electrons. The number of oxime groups is 1. The first-order valence-electron chi connectivity index (χ1n) is 7.24. The van der Waals surface area contributed by atoms with Gasteiger partial charge in [0, 0.05) is 17.5 Å². The zero-order valence-corrected chi connectivity index (χ0v) is 13.3. The Balaban J connectivity index is 2.00. The van der Waals surface area contributed by atoms with Gasteiger partial charge in [0.25, 0.3) is 0 Å². The second-order valence-electron chi connectivity index (χ2n) is 5.67. The standard InChI is InChI=1S/C16H21ClN2O2/c1-19(2)11-13-5-3-4-6-15(13)18-21-16(20)12-7-9-14(17)10-8-12/h7-10,13H,3-6,11H2,1-2H3/b18-15-/t13-/m1/s1. The van der Waals surface area contributed by atoms with E-state index in [9.17, 15) is 4.79 Å². The van der Waals surface area contributed by atoms with Gasteiger partial charge in [0.15, 0.2) is 0 Å². The van der Waals surface area contributed by atoms with E-state index >= 15 is 0 Å². The highest BCUT2D eigenvalue weighted by Gasteiger charge is 2.22. The van der Waals surface area contributed by atoms with Crippen LogP contribution >= 0.6 is 11.6 Å². The van der Waals surface area contributed by atoms with E-state index in [1.807, 2.05) is 14.1 Å². The highest BCUT2D eigenvalue weighted by atomic mass is 35.5. The molecular formula is C16H21ClN2O2. The lowest BCUT2D eigenvalue weighted by Gasteiger charge is -2.25. The molecule has 4 nitrogen and oxygen atoms in total. The molecule has 21 heavy (non-hydrogen) atoms. The summed E-state index contributed by atoms with van der Waals surface area (Å²) in [5.41, 5.74) is 1.46. The van der Waals surface area contributed by atoms with Gasteiger partial charge < -0.3 is 9.74 Å². The quantitative estimate of drug-likeness (QED) is 0.630. The zero-order valence-electron chi connectivity index (χ0n) is 12.5. The van der Waals surface area contributed by atoms with E-state index in [-0.39, 0.29) is 0 Å². The van der Waals surface area contributed by atoms with Crippen LogP contribution in [-0.2, 0) is 4.84 Å². The topological polar surface area (TPSA) is 41.9 Å². The van der Waals surface area contributed by atoms with Crippen molar-refractivity contribution < 1.29 is 9.63 Å². The first kappa shape index (κ1) is 16.0. The molecule has 5 heteroatoms. The van der Waals surface area contributed by atoms with Crippen LogP contribution in [0.2, 0.25) is 5.02 Å². The average molecular weight is 309 g/mol. The largest absolute Gasteiger partial charge is 0.365 e. The van der Waals surface area contributed by atoms with Crippen LogP contribution in [0.5, 0.6) is 0 Å². The Bertz CT molecular complexity index is 512. The lowest BCUT2D eigenvalue weighted by molar-refractivity contribution is 0.0511. The van der Waals surface area contributed by atoms with Crippen LogP contribution in [0.15, 0.2) is 29.4 Å². The Labute approximate surface area is 130 Å². The Hall–Kier alpha value is -1.39. The number of rotatable bonds is 4. The second kappa shape index (κ2) is 7.57. The minimum Gasteiger partial charge on any atom is -0.313 e. The van der Waals surface area contributed by atoms with Crippen LogP contribution in [0.25, 0.3) is 0 Å². The molecule has 2 rings (SSSR count). The highest BCUT2D eigenvalue weighted by Crippen LogP contribution is 2.22. The van der Waals surface area contributed by atoms with E-state index in [4.69, 9.17) is 16.4 Å². The molecule has 1 saturated carbocycles. The first-order chi connectivity index (χ1) is 10.1. The predicted octanol–water partition coefficient (Wildman–Crippen LogP) is 3.60. The van der Waals surface area contributed by atoms with Crippen LogP contribution in [0.1, 0.15) is 36.0 Å². The molecule has 0 unspecified atom stereocenters. The Morgan fingerprint density at radius 3 is 2.71 bits per heavy atom. The van der Waals surface area contributed by atoms with Crippen molar-refractivity contribution in [1.82, 2.24) is 4.90 Å². The van der Waals surface area contributed by atoms with Crippen LogP contribution in [-0.4, -0.2) is 37.2 Å². The summed E-state index contributed by atoms with van der Waals surface area (Å²) in [4.78, 5) is 19.2. The number of hydrogen-bond acceptors (Lipinski definition) is 4. The zero-order chi connectivity index (χ0) is 15.2. The van der Waals surface area contributed by atoms with E-state index in [1.165, 1.54) is 6.42 Å².